The lowest BCUT2D eigenvalue weighted by Gasteiger charge is -2.08. The third-order valence-corrected chi connectivity index (χ3v) is 4.81. The Morgan fingerprint density at radius 2 is 1.50 bits per heavy atom. The molecule has 2 amide bonds. The summed E-state index contributed by atoms with van der Waals surface area (Å²) in [5.74, 6) is -0.329. The Balaban J connectivity index is 1.63. The number of para-hydroxylation sites is 1. The summed E-state index contributed by atoms with van der Waals surface area (Å²) in [6, 6.07) is 21.1. The Labute approximate surface area is 163 Å². The number of nitrogens with zero attached hydrogens (tertiary/aromatic N) is 1. The molecule has 140 valence electrons. The molecule has 4 rings (SSSR count). The van der Waals surface area contributed by atoms with E-state index in [1.807, 2.05) is 30.3 Å². The van der Waals surface area contributed by atoms with Crippen LogP contribution in [0, 0.1) is 0 Å². The molecule has 28 heavy (non-hydrogen) atoms. The van der Waals surface area contributed by atoms with Gasteiger partial charge in [0, 0.05) is 52.2 Å². The third kappa shape index (κ3) is 3.22. The van der Waals surface area contributed by atoms with Crippen molar-refractivity contribution in [3.8, 4) is 0 Å². The van der Waals surface area contributed by atoms with Crippen LogP contribution in [0.5, 0.6) is 0 Å². The van der Waals surface area contributed by atoms with Gasteiger partial charge in [0.05, 0.1) is 0 Å². The molecule has 0 aliphatic rings. The number of hydrogen-bond acceptors (Lipinski definition) is 2. The molecular formula is C23H21N3O2. The molecule has 4 aromatic rings. The summed E-state index contributed by atoms with van der Waals surface area (Å²) in [4.78, 5) is 23.7. The first-order valence-electron chi connectivity index (χ1n) is 9.27. The predicted molar refractivity (Wildman–Crippen MR) is 114 cm³/mol. The Hall–Kier alpha value is -3.60. The van der Waals surface area contributed by atoms with Crippen LogP contribution in [-0.2, 0) is 11.3 Å². The summed E-state index contributed by atoms with van der Waals surface area (Å²) < 4.78 is 2.27. The van der Waals surface area contributed by atoms with Crippen LogP contribution >= 0.6 is 0 Å². The van der Waals surface area contributed by atoms with Crippen molar-refractivity contribution < 1.29 is 9.59 Å². The normalized spacial score (nSPS) is 10.9. The number of benzene rings is 3. The smallest absolute Gasteiger partial charge is 0.255 e. The number of hydrogen-bond donors (Lipinski definition) is 2. The van der Waals surface area contributed by atoms with Crippen LogP contribution in [0.3, 0.4) is 0 Å². The van der Waals surface area contributed by atoms with E-state index in [0.29, 0.717) is 11.3 Å². The van der Waals surface area contributed by atoms with E-state index in [4.69, 9.17) is 0 Å². The Kier molecular flexibility index (Phi) is 4.57. The van der Waals surface area contributed by atoms with Crippen molar-refractivity contribution in [2.45, 2.75) is 20.4 Å². The number of fused-ring (bicyclic) bond motifs is 3. The summed E-state index contributed by atoms with van der Waals surface area (Å²) in [6.45, 7) is 4.47. The van der Waals surface area contributed by atoms with Gasteiger partial charge in [-0.25, -0.2) is 0 Å². The molecule has 3 aromatic carbocycles. The fourth-order valence-electron chi connectivity index (χ4n) is 3.58. The maximum atomic E-state index is 12.6. The van der Waals surface area contributed by atoms with Gasteiger partial charge in [-0.05, 0) is 55.5 Å². The molecule has 0 radical (unpaired) electrons. The molecule has 0 fully saturated rings. The van der Waals surface area contributed by atoms with Crippen molar-refractivity contribution in [3.63, 3.8) is 0 Å². The van der Waals surface area contributed by atoms with Gasteiger partial charge in [-0.2, -0.15) is 0 Å². The zero-order chi connectivity index (χ0) is 19.7. The molecule has 0 spiro atoms. The second-order valence-electron chi connectivity index (χ2n) is 6.71. The summed E-state index contributed by atoms with van der Waals surface area (Å²) in [7, 11) is 0. The molecule has 0 atom stereocenters. The molecule has 5 nitrogen and oxygen atoms in total. The van der Waals surface area contributed by atoms with Crippen molar-refractivity contribution in [1.82, 2.24) is 4.57 Å². The van der Waals surface area contributed by atoms with Crippen molar-refractivity contribution in [1.29, 1.82) is 0 Å². The van der Waals surface area contributed by atoms with Crippen LogP contribution in [-0.4, -0.2) is 16.4 Å². The van der Waals surface area contributed by atoms with Crippen molar-refractivity contribution in [3.05, 3.63) is 72.3 Å². The van der Waals surface area contributed by atoms with Gasteiger partial charge in [0.2, 0.25) is 5.91 Å². The zero-order valence-electron chi connectivity index (χ0n) is 15.8. The number of nitrogens with one attached hydrogen (secondary N) is 2. The number of aromatic nitrogens is 1. The molecule has 1 aromatic heterocycles. The Morgan fingerprint density at radius 1 is 0.821 bits per heavy atom. The van der Waals surface area contributed by atoms with Gasteiger partial charge in [-0.3, -0.25) is 9.59 Å². The van der Waals surface area contributed by atoms with Gasteiger partial charge in [0.1, 0.15) is 0 Å². The van der Waals surface area contributed by atoms with E-state index in [-0.39, 0.29) is 11.8 Å². The summed E-state index contributed by atoms with van der Waals surface area (Å²) in [5, 5.41) is 7.96. The van der Waals surface area contributed by atoms with Gasteiger partial charge in [0.25, 0.3) is 5.91 Å². The molecule has 2 N–H and O–H groups in total. The van der Waals surface area contributed by atoms with Crippen LogP contribution in [0.4, 0.5) is 11.4 Å². The third-order valence-electron chi connectivity index (χ3n) is 4.81. The summed E-state index contributed by atoms with van der Waals surface area (Å²) in [6.07, 6.45) is 0. The van der Waals surface area contributed by atoms with E-state index in [9.17, 15) is 9.59 Å². The molecule has 0 unspecified atom stereocenters. The predicted octanol–water partition coefficient (Wildman–Crippen LogP) is 5.03. The topological polar surface area (TPSA) is 63.1 Å². The van der Waals surface area contributed by atoms with Crippen LogP contribution < -0.4 is 10.6 Å². The van der Waals surface area contributed by atoms with Gasteiger partial charge < -0.3 is 15.2 Å². The number of anilines is 2. The fraction of sp³-hybridized carbons (Fsp3) is 0.130. The molecule has 0 aliphatic heterocycles. The average molecular weight is 371 g/mol. The average Bonchev–Trinajstić information content (AvgIpc) is 3.01. The Morgan fingerprint density at radius 3 is 2.21 bits per heavy atom. The van der Waals surface area contributed by atoms with Crippen molar-refractivity contribution in [2.75, 3.05) is 10.6 Å². The van der Waals surface area contributed by atoms with Crippen LogP contribution in [0.15, 0.2) is 66.7 Å². The number of carbonyl (C=O) groups excluding carboxylic acids is 2. The highest BCUT2D eigenvalue weighted by atomic mass is 16.2. The number of rotatable bonds is 4. The van der Waals surface area contributed by atoms with Crippen molar-refractivity contribution >= 4 is 45.0 Å². The van der Waals surface area contributed by atoms with Gasteiger partial charge >= 0.3 is 0 Å². The summed E-state index contributed by atoms with van der Waals surface area (Å²) in [5.41, 5.74) is 4.30. The Bertz CT molecular complexity index is 1190. The second-order valence-corrected chi connectivity index (χ2v) is 6.71. The highest BCUT2D eigenvalue weighted by Crippen LogP contribution is 2.31. The highest BCUT2D eigenvalue weighted by Gasteiger charge is 2.11. The van der Waals surface area contributed by atoms with Crippen LogP contribution in [0.1, 0.15) is 24.2 Å². The number of carbonyl (C=O) groups is 2. The SMILES string of the molecule is CCn1c2ccccc2c2cc(NC(=O)c3ccc(NC(C)=O)cc3)ccc21. The molecule has 0 bridgehead atoms. The standard InChI is InChI=1S/C23H21N3O2/c1-3-26-21-7-5-4-6-19(21)20-14-18(12-13-22(20)26)25-23(28)16-8-10-17(11-9-16)24-15(2)27/h4-14H,3H2,1-2H3,(H,24,27)(H,25,28). The molecule has 0 aliphatic carbocycles. The van der Waals surface area contributed by atoms with Crippen LogP contribution in [0.25, 0.3) is 21.8 Å². The lowest BCUT2D eigenvalue weighted by Crippen LogP contribution is -2.12. The minimum atomic E-state index is -0.187. The van der Waals surface area contributed by atoms with E-state index < -0.39 is 0 Å². The van der Waals surface area contributed by atoms with E-state index in [0.717, 1.165) is 23.1 Å². The highest BCUT2D eigenvalue weighted by molar-refractivity contribution is 6.11. The second kappa shape index (κ2) is 7.19. The first-order valence-corrected chi connectivity index (χ1v) is 9.27. The van der Waals surface area contributed by atoms with E-state index in [2.05, 4.69) is 34.3 Å². The van der Waals surface area contributed by atoms with Crippen molar-refractivity contribution in [2.24, 2.45) is 0 Å². The first kappa shape index (κ1) is 17.8. The minimum absolute atomic E-state index is 0.142. The van der Waals surface area contributed by atoms with Crippen LogP contribution in [0.2, 0.25) is 0 Å². The van der Waals surface area contributed by atoms with E-state index >= 15 is 0 Å². The molecule has 5 heteroatoms. The first-order chi connectivity index (χ1) is 13.6. The minimum Gasteiger partial charge on any atom is -0.341 e. The van der Waals surface area contributed by atoms with E-state index in [1.54, 1.807) is 24.3 Å². The lowest BCUT2D eigenvalue weighted by molar-refractivity contribution is -0.114. The number of amides is 2. The molecular weight excluding hydrogens is 350 g/mol. The van der Waals surface area contributed by atoms with E-state index in [1.165, 1.54) is 17.8 Å². The zero-order valence-corrected chi connectivity index (χ0v) is 15.8. The van der Waals surface area contributed by atoms with Gasteiger partial charge in [0.15, 0.2) is 0 Å². The molecule has 0 saturated carbocycles. The summed E-state index contributed by atoms with van der Waals surface area (Å²) >= 11 is 0. The monoisotopic (exact) mass is 371 g/mol. The largest absolute Gasteiger partial charge is 0.341 e. The number of aryl methyl sites for hydroxylation is 1. The lowest BCUT2D eigenvalue weighted by atomic mass is 10.1. The fourth-order valence-corrected chi connectivity index (χ4v) is 3.58. The quantitative estimate of drug-likeness (QED) is 0.529. The van der Waals surface area contributed by atoms with Gasteiger partial charge in [-0.1, -0.05) is 18.2 Å². The molecule has 0 saturated heterocycles. The molecule has 1 heterocycles. The van der Waals surface area contributed by atoms with Gasteiger partial charge in [-0.15, -0.1) is 0 Å². The maximum absolute atomic E-state index is 12.6. The maximum Gasteiger partial charge on any atom is 0.255 e.